The van der Waals surface area contributed by atoms with E-state index in [1.165, 1.54) is 25.7 Å². The number of amides is 1. The van der Waals surface area contributed by atoms with E-state index in [4.69, 9.17) is 5.73 Å². The molecule has 0 radical (unpaired) electrons. The summed E-state index contributed by atoms with van der Waals surface area (Å²) in [7, 11) is 0. The maximum absolute atomic E-state index is 11.7. The molecule has 3 nitrogen and oxygen atoms in total. The van der Waals surface area contributed by atoms with Crippen molar-refractivity contribution in [3.63, 3.8) is 0 Å². The van der Waals surface area contributed by atoms with Gasteiger partial charge in [-0.3, -0.25) is 10.1 Å². The van der Waals surface area contributed by atoms with Crippen LogP contribution < -0.4 is 11.1 Å². The lowest BCUT2D eigenvalue weighted by atomic mass is 10.0. The topological polar surface area (TPSA) is 55.1 Å². The van der Waals surface area contributed by atoms with E-state index < -0.39 is 0 Å². The molecule has 3 N–H and O–H groups in total. The van der Waals surface area contributed by atoms with Crippen molar-refractivity contribution in [2.45, 2.75) is 50.6 Å². The van der Waals surface area contributed by atoms with Gasteiger partial charge in [-0.1, -0.05) is 53.7 Å². The number of benzene rings is 1. The first-order chi connectivity index (χ1) is 9.16. The molecule has 1 amide bonds. The van der Waals surface area contributed by atoms with Crippen molar-refractivity contribution in [3.05, 3.63) is 34.3 Å². The van der Waals surface area contributed by atoms with Gasteiger partial charge in [0, 0.05) is 10.5 Å². The highest BCUT2D eigenvalue weighted by Crippen LogP contribution is 2.22. The van der Waals surface area contributed by atoms with E-state index in [0.29, 0.717) is 6.04 Å². The van der Waals surface area contributed by atoms with Crippen LogP contribution in [0.5, 0.6) is 0 Å². The van der Waals surface area contributed by atoms with Crippen LogP contribution in [-0.4, -0.2) is 11.9 Å². The third-order valence-electron chi connectivity index (χ3n) is 3.75. The zero-order valence-electron chi connectivity index (χ0n) is 11.1. The van der Waals surface area contributed by atoms with E-state index in [1.807, 2.05) is 24.3 Å². The standard InChI is InChI=1S/C15H21BrN2O/c16-12-9-7-11(8-10-12)14(15(17)19)18-13-5-3-1-2-4-6-13/h7-10,13-14,18H,1-6H2,(H2,17,19). The molecular weight excluding hydrogens is 304 g/mol. The second-order valence-electron chi connectivity index (χ2n) is 5.24. The summed E-state index contributed by atoms with van der Waals surface area (Å²) in [6.45, 7) is 0. The number of hydrogen-bond donors (Lipinski definition) is 2. The molecule has 0 bridgehead atoms. The van der Waals surface area contributed by atoms with Crippen molar-refractivity contribution >= 4 is 21.8 Å². The van der Waals surface area contributed by atoms with Crippen LogP contribution >= 0.6 is 15.9 Å². The van der Waals surface area contributed by atoms with E-state index >= 15 is 0 Å². The number of carbonyl (C=O) groups excluding carboxylic acids is 1. The molecule has 0 aliphatic heterocycles. The minimum absolute atomic E-state index is 0.299. The lowest BCUT2D eigenvalue weighted by Gasteiger charge is -2.23. The normalized spacial score (nSPS) is 18.8. The predicted molar refractivity (Wildman–Crippen MR) is 80.7 cm³/mol. The van der Waals surface area contributed by atoms with Gasteiger partial charge in [-0.05, 0) is 30.5 Å². The van der Waals surface area contributed by atoms with Gasteiger partial charge < -0.3 is 5.73 Å². The van der Waals surface area contributed by atoms with Crippen LogP contribution in [0, 0.1) is 0 Å². The quantitative estimate of drug-likeness (QED) is 0.835. The molecule has 1 unspecified atom stereocenters. The summed E-state index contributed by atoms with van der Waals surface area (Å²) in [4.78, 5) is 11.7. The molecule has 1 aromatic carbocycles. The fourth-order valence-corrected chi connectivity index (χ4v) is 2.94. The second kappa shape index (κ2) is 7.06. The van der Waals surface area contributed by atoms with Gasteiger partial charge in [0.25, 0.3) is 0 Å². The zero-order valence-corrected chi connectivity index (χ0v) is 12.7. The van der Waals surface area contributed by atoms with Crippen LogP contribution in [-0.2, 0) is 4.79 Å². The van der Waals surface area contributed by atoms with Gasteiger partial charge in [0.15, 0.2) is 0 Å². The molecule has 0 heterocycles. The van der Waals surface area contributed by atoms with Gasteiger partial charge in [-0.2, -0.15) is 0 Å². The van der Waals surface area contributed by atoms with Crippen molar-refractivity contribution in [1.82, 2.24) is 5.32 Å². The van der Waals surface area contributed by atoms with Crippen molar-refractivity contribution in [1.29, 1.82) is 0 Å². The SMILES string of the molecule is NC(=O)C(NC1CCCCCC1)c1ccc(Br)cc1. The summed E-state index contributed by atoms with van der Waals surface area (Å²) < 4.78 is 1.01. The summed E-state index contributed by atoms with van der Waals surface area (Å²) in [5, 5.41) is 3.44. The van der Waals surface area contributed by atoms with E-state index in [-0.39, 0.29) is 11.9 Å². The molecule has 0 spiro atoms. The molecule has 1 saturated carbocycles. The zero-order chi connectivity index (χ0) is 13.7. The predicted octanol–water partition coefficient (Wildman–Crippen LogP) is 3.29. The van der Waals surface area contributed by atoms with Crippen LogP contribution in [0.25, 0.3) is 0 Å². The Labute approximate surface area is 123 Å². The van der Waals surface area contributed by atoms with Gasteiger partial charge in [-0.25, -0.2) is 0 Å². The Morgan fingerprint density at radius 3 is 2.26 bits per heavy atom. The smallest absolute Gasteiger partial charge is 0.239 e. The van der Waals surface area contributed by atoms with Crippen LogP contribution in [0.15, 0.2) is 28.7 Å². The highest BCUT2D eigenvalue weighted by Gasteiger charge is 2.22. The van der Waals surface area contributed by atoms with Crippen LogP contribution in [0.4, 0.5) is 0 Å². The highest BCUT2D eigenvalue weighted by molar-refractivity contribution is 9.10. The summed E-state index contributed by atoms with van der Waals surface area (Å²) in [6.07, 6.45) is 7.36. The fraction of sp³-hybridized carbons (Fsp3) is 0.533. The van der Waals surface area contributed by atoms with Gasteiger partial charge in [0.1, 0.15) is 6.04 Å². The van der Waals surface area contributed by atoms with Crippen molar-refractivity contribution in [2.24, 2.45) is 5.73 Å². The average molecular weight is 325 g/mol. The van der Waals surface area contributed by atoms with Gasteiger partial charge in [0.2, 0.25) is 5.91 Å². The third-order valence-corrected chi connectivity index (χ3v) is 4.27. The Hall–Kier alpha value is -0.870. The maximum Gasteiger partial charge on any atom is 0.239 e. The van der Waals surface area contributed by atoms with E-state index in [1.54, 1.807) is 0 Å². The number of hydrogen-bond acceptors (Lipinski definition) is 2. The highest BCUT2D eigenvalue weighted by atomic mass is 79.9. The van der Waals surface area contributed by atoms with Crippen LogP contribution in [0.3, 0.4) is 0 Å². The Morgan fingerprint density at radius 1 is 1.16 bits per heavy atom. The summed E-state index contributed by atoms with van der Waals surface area (Å²) in [6, 6.07) is 7.81. The molecule has 2 rings (SSSR count). The number of carbonyl (C=O) groups is 1. The summed E-state index contributed by atoms with van der Waals surface area (Å²) >= 11 is 3.40. The monoisotopic (exact) mass is 324 g/mol. The molecule has 0 saturated heterocycles. The number of nitrogens with one attached hydrogen (secondary N) is 1. The number of halogens is 1. The van der Waals surface area contributed by atoms with Crippen molar-refractivity contribution < 1.29 is 4.79 Å². The fourth-order valence-electron chi connectivity index (χ4n) is 2.68. The molecular formula is C15H21BrN2O. The first-order valence-electron chi connectivity index (χ1n) is 6.97. The average Bonchev–Trinajstić information content (AvgIpc) is 2.65. The molecule has 1 aliphatic rings. The third kappa shape index (κ3) is 4.32. The lowest BCUT2D eigenvalue weighted by molar-refractivity contribution is -0.120. The lowest BCUT2D eigenvalue weighted by Crippen LogP contribution is -2.39. The van der Waals surface area contributed by atoms with E-state index in [9.17, 15) is 4.79 Å². The number of rotatable bonds is 4. The molecule has 1 fully saturated rings. The van der Waals surface area contributed by atoms with Crippen molar-refractivity contribution in [3.8, 4) is 0 Å². The van der Waals surface area contributed by atoms with Crippen molar-refractivity contribution in [2.75, 3.05) is 0 Å². The Bertz CT molecular complexity index is 411. The first kappa shape index (κ1) is 14.5. The molecule has 19 heavy (non-hydrogen) atoms. The Morgan fingerprint density at radius 2 is 1.74 bits per heavy atom. The number of primary amides is 1. The minimum Gasteiger partial charge on any atom is -0.368 e. The largest absolute Gasteiger partial charge is 0.368 e. The molecule has 1 aromatic rings. The van der Waals surface area contributed by atoms with Gasteiger partial charge in [-0.15, -0.1) is 0 Å². The summed E-state index contributed by atoms with van der Waals surface area (Å²) in [5.74, 6) is -0.299. The molecule has 4 heteroatoms. The minimum atomic E-state index is -0.379. The van der Waals surface area contributed by atoms with Gasteiger partial charge >= 0.3 is 0 Å². The second-order valence-corrected chi connectivity index (χ2v) is 6.16. The van der Waals surface area contributed by atoms with E-state index in [2.05, 4.69) is 21.2 Å². The van der Waals surface area contributed by atoms with Crippen LogP contribution in [0.1, 0.15) is 50.1 Å². The summed E-state index contributed by atoms with van der Waals surface area (Å²) in [5.41, 5.74) is 6.49. The van der Waals surface area contributed by atoms with Crippen LogP contribution in [0.2, 0.25) is 0 Å². The van der Waals surface area contributed by atoms with E-state index in [0.717, 1.165) is 22.9 Å². The number of nitrogens with two attached hydrogens (primary N) is 1. The first-order valence-corrected chi connectivity index (χ1v) is 7.77. The molecule has 0 aromatic heterocycles. The van der Waals surface area contributed by atoms with Gasteiger partial charge in [0.05, 0.1) is 0 Å². The maximum atomic E-state index is 11.7. The Kier molecular flexibility index (Phi) is 5.40. The molecule has 104 valence electrons. The molecule has 1 atom stereocenters. The Balaban J connectivity index is 2.07. The molecule has 1 aliphatic carbocycles.